The normalized spacial score (nSPS) is 16.1. The van der Waals surface area contributed by atoms with E-state index in [9.17, 15) is 12.9 Å². The van der Waals surface area contributed by atoms with E-state index in [2.05, 4.69) is 52.0 Å². The minimum atomic E-state index is -4.92. The Morgan fingerprint density at radius 2 is 1.37 bits per heavy atom. The van der Waals surface area contributed by atoms with Crippen LogP contribution in [-0.4, -0.2) is 42.8 Å². The molecule has 27 heavy (non-hydrogen) atoms. The number of thiol groups is 2. The summed E-state index contributed by atoms with van der Waals surface area (Å²) in [7, 11) is 0. The number of hydrogen-bond donors (Lipinski definition) is 2. The molecule has 9 heteroatoms. The highest BCUT2D eigenvalue weighted by molar-refractivity contribution is 7.99. The second-order valence-corrected chi connectivity index (χ2v) is 8.12. The Morgan fingerprint density at radius 1 is 0.852 bits per heavy atom. The summed E-state index contributed by atoms with van der Waals surface area (Å²) in [4.78, 5) is 2.21. The zero-order valence-corrected chi connectivity index (χ0v) is 16.7. The molecule has 0 spiro atoms. The van der Waals surface area contributed by atoms with Gasteiger partial charge in [-0.1, -0.05) is 28.9 Å². The number of aromatic nitrogens is 1. The van der Waals surface area contributed by atoms with E-state index in [1.807, 2.05) is 12.4 Å². The lowest BCUT2D eigenvalue weighted by Crippen LogP contribution is -2.64. The van der Waals surface area contributed by atoms with Crippen molar-refractivity contribution in [3.63, 3.8) is 0 Å². The average Bonchev–Trinajstić information content (AvgIpc) is 2.66. The van der Waals surface area contributed by atoms with Crippen LogP contribution in [0.25, 0.3) is 0 Å². The summed E-state index contributed by atoms with van der Waals surface area (Å²) in [5.74, 6) is 0. The number of benzene rings is 1. The fourth-order valence-electron chi connectivity index (χ4n) is 3.17. The van der Waals surface area contributed by atoms with E-state index >= 15 is 0 Å². The fourth-order valence-corrected chi connectivity index (χ4v) is 3.63. The minimum Gasteiger partial charge on any atom is -0.445 e. The molecule has 1 aromatic carbocycles. The SMILES string of the molecule is F[B-](F)(F)c1ccc(CCc2cc[n+](N3CCN(C(S)S)CC3)cc2)cc1. The van der Waals surface area contributed by atoms with Crippen molar-refractivity contribution in [3.05, 3.63) is 59.9 Å². The molecule has 0 bridgehead atoms. The van der Waals surface area contributed by atoms with Gasteiger partial charge in [-0.15, -0.1) is 30.7 Å². The van der Waals surface area contributed by atoms with Crippen molar-refractivity contribution in [1.29, 1.82) is 0 Å². The van der Waals surface area contributed by atoms with Gasteiger partial charge < -0.3 is 12.9 Å². The largest absolute Gasteiger partial charge is 0.509 e. The molecule has 1 fully saturated rings. The van der Waals surface area contributed by atoms with Crippen molar-refractivity contribution in [2.24, 2.45) is 0 Å². The first-order chi connectivity index (χ1) is 12.8. The van der Waals surface area contributed by atoms with Crippen LogP contribution in [0.4, 0.5) is 12.9 Å². The summed E-state index contributed by atoms with van der Waals surface area (Å²) in [6.45, 7) is -1.26. The lowest BCUT2D eigenvalue weighted by molar-refractivity contribution is -0.694. The van der Waals surface area contributed by atoms with Gasteiger partial charge >= 0.3 is 6.98 Å². The summed E-state index contributed by atoms with van der Waals surface area (Å²) < 4.78 is 40.1. The lowest BCUT2D eigenvalue weighted by Gasteiger charge is -2.33. The van der Waals surface area contributed by atoms with Gasteiger partial charge in [-0.05, 0) is 24.0 Å². The number of halogens is 3. The van der Waals surface area contributed by atoms with E-state index < -0.39 is 12.4 Å². The van der Waals surface area contributed by atoms with E-state index in [4.69, 9.17) is 0 Å². The number of pyridine rings is 1. The molecule has 1 aliphatic rings. The molecule has 2 heterocycles. The molecule has 1 saturated heterocycles. The molecule has 0 atom stereocenters. The van der Waals surface area contributed by atoms with Crippen molar-refractivity contribution in [3.8, 4) is 0 Å². The van der Waals surface area contributed by atoms with Gasteiger partial charge in [0.1, 0.15) is 0 Å². The lowest BCUT2D eigenvalue weighted by atomic mass is 9.80. The molecular formula is C18H23BF3N3S2. The predicted octanol–water partition coefficient (Wildman–Crippen LogP) is 2.21. The van der Waals surface area contributed by atoms with E-state index in [0.29, 0.717) is 0 Å². The van der Waals surface area contributed by atoms with Crippen molar-refractivity contribution in [1.82, 2.24) is 4.90 Å². The zero-order valence-electron chi connectivity index (χ0n) is 14.9. The summed E-state index contributed by atoms with van der Waals surface area (Å²) in [5.41, 5.74) is 1.54. The van der Waals surface area contributed by atoms with E-state index in [1.165, 1.54) is 17.7 Å². The van der Waals surface area contributed by atoms with Crippen LogP contribution >= 0.6 is 25.3 Å². The van der Waals surface area contributed by atoms with Crippen LogP contribution in [0.1, 0.15) is 11.1 Å². The van der Waals surface area contributed by atoms with Gasteiger partial charge in [0.2, 0.25) is 0 Å². The topological polar surface area (TPSA) is 10.4 Å². The second kappa shape index (κ2) is 8.79. The Morgan fingerprint density at radius 3 is 1.85 bits per heavy atom. The first-order valence-corrected chi connectivity index (χ1v) is 10.0. The van der Waals surface area contributed by atoms with Gasteiger partial charge in [-0.2, -0.15) is 5.01 Å². The fraction of sp³-hybridized carbons (Fsp3) is 0.389. The summed E-state index contributed by atoms with van der Waals surface area (Å²) in [5, 5.41) is 2.27. The molecular weight excluding hydrogens is 390 g/mol. The molecule has 1 aromatic heterocycles. The molecule has 0 amide bonds. The first kappa shape index (κ1) is 20.4. The van der Waals surface area contributed by atoms with Gasteiger partial charge in [0.05, 0.1) is 17.8 Å². The number of nitrogens with zero attached hydrogens (tertiary/aromatic N) is 3. The van der Waals surface area contributed by atoms with E-state index in [1.54, 1.807) is 12.1 Å². The van der Waals surface area contributed by atoms with Gasteiger partial charge in [0.15, 0.2) is 12.4 Å². The van der Waals surface area contributed by atoms with Crippen molar-refractivity contribution >= 4 is 37.7 Å². The molecule has 146 valence electrons. The first-order valence-electron chi connectivity index (χ1n) is 8.97. The van der Waals surface area contributed by atoms with E-state index in [0.717, 1.165) is 44.6 Å². The maximum atomic E-state index is 12.7. The Labute approximate surface area is 169 Å². The summed E-state index contributed by atoms with van der Waals surface area (Å²) >= 11 is 8.71. The predicted molar refractivity (Wildman–Crippen MR) is 110 cm³/mol. The smallest absolute Gasteiger partial charge is 0.445 e. The van der Waals surface area contributed by atoms with Crippen LogP contribution in [0.2, 0.25) is 0 Å². The van der Waals surface area contributed by atoms with Crippen LogP contribution in [0.3, 0.4) is 0 Å². The molecule has 0 unspecified atom stereocenters. The van der Waals surface area contributed by atoms with Crippen LogP contribution < -0.4 is 15.1 Å². The van der Waals surface area contributed by atoms with Crippen molar-refractivity contribution in [2.75, 3.05) is 31.2 Å². The third kappa shape index (κ3) is 5.59. The molecule has 2 aromatic rings. The maximum Gasteiger partial charge on any atom is 0.509 e. The third-order valence-electron chi connectivity index (χ3n) is 4.89. The van der Waals surface area contributed by atoms with Crippen molar-refractivity contribution < 1.29 is 17.6 Å². The quantitative estimate of drug-likeness (QED) is 0.326. The van der Waals surface area contributed by atoms with Crippen LogP contribution in [-0.2, 0) is 12.8 Å². The average molecular weight is 413 g/mol. The number of aryl methyl sites for hydroxylation is 2. The standard InChI is InChI=1S/C18H23BF3N3S2/c20-19(21,22)17-5-3-15(4-6-17)1-2-16-7-9-24(10-8-16)25-13-11-23(12-14-25)18(26)27/h3-10,18,26-27H,1-2,11-14H2. The molecule has 1 aliphatic heterocycles. The van der Waals surface area contributed by atoms with Crippen LogP contribution in [0.5, 0.6) is 0 Å². The van der Waals surface area contributed by atoms with Crippen LogP contribution in [0.15, 0.2) is 48.8 Å². The van der Waals surface area contributed by atoms with Gasteiger partial charge in [0.25, 0.3) is 0 Å². The second-order valence-electron chi connectivity index (χ2n) is 6.74. The molecule has 0 N–H and O–H groups in total. The monoisotopic (exact) mass is 413 g/mol. The van der Waals surface area contributed by atoms with E-state index in [-0.39, 0.29) is 4.71 Å². The van der Waals surface area contributed by atoms with Crippen LogP contribution in [0, 0.1) is 0 Å². The third-order valence-corrected chi connectivity index (χ3v) is 5.54. The number of hydrogen-bond acceptors (Lipinski definition) is 4. The highest BCUT2D eigenvalue weighted by Crippen LogP contribution is 2.12. The molecule has 3 nitrogen and oxygen atoms in total. The Balaban J connectivity index is 1.52. The van der Waals surface area contributed by atoms with Gasteiger partial charge in [-0.25, -0.2) is 0 Å². The highest BCUT2D eigenvalue weighted by atomic mass is 32.2. The van der Waals surface area contributed by atoms with Gasteiger partial charge in [0, 0.05) is 25.2 Å². The Bertz CT molecular complexity index is 731. The molecule has 3 rings (SSSR count). The number of piperazine rings is 1. The van der Waals surface area contributed by atoms with Crippen molar-refractivity contribution in [2.45, 2.75) is 17.5 Å². The summed E-state index contributed by atoms with van der Waals surface area (Å²) in [6.07, 6.45) is 5.60. The summed E-state index contributed by atoms with van der Waals surface area (Å²) in [6, 6.07) is 9.63. The Kier molecular flexibility index (Phi) is 6.65. The Hall–Kier alpha value is -1.32. The molecule has 0 aliphatic carbocycles. The number of rotatable bonds is 6. The minimum absolute atomic E-state index is 0.0224. The van der Waals surface area contributed by atoms with Gasteiger partial charge in [-0.3, -0.25) is 4.90 Å². The molecule has 0 saturated carbocycles. The maximum absolute atomic E-state index is 12.7. The zero-order chi connectivity index (χ0) is 19.4. The highest BCUT2D eigenvalue weighted by Gasteiger charge is 2.25. The molecule has 0 radical (unpaired) electrons.